The third-order valence-corrected chi connectivity index (χ3v) is 4.87. The molecule has 1 N–H and O–H groups in total. The maximum absolute atomic E-state index is 12.7. The first kappa shape index (κ1) is 17.9. The molecule has 0 spiro atoms. The van der Waals surface area contributed by atoms with Crippen LogP contribution in [0.4, 0.5) is 4.79 Å². The number of nitrogens with one attached hydrogen (secondary N) is 1. The van der Waals surface area contributed by atoms with Crippen LogP contribution in [0.3, 0.4) is 0 Å². The van der Waals surface area contributed by atoms with Crippen LogP contribution < -0.4 is 5.32 Å². The van der Waals surface area contributed by atoms with Crippen molar-refractivity contribution in [3.63, 3.8) is 0 Å². The van der Waals surface area contributed by atoms with E-state index in [4.69, 9.17) is 0 Å². The van der Waals surface area contributed by atoms with Crippen molar-refractivity contribution in [3.8, 4) is 5.69 Å². The first-order chi connectivity index (χ1) is 13.6. The minimum atomic E-state index is -0.329. The maximum atomic E-state index is 12.7. The molecule has 9 nitrogen and oxygen atoms in total. The van der Waals surface area contributed by atoms with Gasteiger partial charge >= 0.3 is 6.03 Å². The van der Waals surface area contributed by atoms with E-state index in [2.05, 4.69) is 32.0 Å². The molecule has 0 bridgehead atoms. The number of nitrogens with zero attached hydrogens (tertiary/aromatic N) is 7. The molecular weight excluding hydrogens is 356 g/mol. The zero-order valence-electron chi connectivity index (χ0n) is 15.9. The highest BCUT2D eigenvalue weighted by atomic mass is 16.2. The molecule has 0 radical (unpaired) electrons. The Hall–Kier alpha value is -3.49. The summed E-state index contributed by atoms with van der Waals surface area (Å²) in [7, 11) is 1.92. The van der Waals surface area contributed by atoms with Gasteiger partial charge in [-0.05, 0) is 47.5 Å². The molecule has 1 aliphatic heterocycles. The van der Waals surface area contributed by atoms with Gasteiger partial charge in [0.25, 0.3) is 0 Å². The zero-order valence-corrected chi connectivity index (χ0v) is 15.9. The Bertz CT molecular complexity index is 990. The lowest BCUT2D eigenvalue weighted by Crippen LogP contribution is -2.43. The van der Waals surface area contributed by atoms with Gasteiger partial charge in [-0.25, -0.2) is 4.79 Å². The van der Waals surface area contributed by atoms with Crippen LogP contribution in [0.15, 0.2) is 48.7 Å². The zero-order chi connectivity index (χ0) is 19.5. The van der Waals surface area contributed by atoms with E-state index in [-0.39, 0.29) is 12.1 Å². The van der Waals surface area contributed by atoms with Crippen LogP contribution in [0.2, 0.25) is 0 Å². The van der Waals surface area contributed by atoms with E-state index in [9.17, 15) is 4.79 Å². The molecule has 4 rings (SSSR count). The van der Waals surface area contributed by atoms with Gasteiger partial charge < -0.3 is 10.2 Å². The van der Waals surface area contributed by atoms with Crippen molar-refractivity contribution >= 4 is 11.6 Å². The molecule has 3 heterocycles. The highest BCUT2D eigenvalue weighted by Crippen LogP contribution is 2.22. The molecule has 0 aliphatic carbocycles. The Morgan fingerprint density at radius 2 is 2.04 bits per heavy atom. The average Bonchev–Trinajstić information content (AvgIpc) is 3.38. The highest BCUT2D eigenvalue weighted by molar-refractivity contribution is 5.76. The molecule has 2 amide bonds. The molecule has 3 aromatic rings. The second kappa shape index (κ2) is 7.63. The van der Waals surface area contributed by atoms with Crippen molar-refractivity contribution in [1.29, 1.82) is 0 Å². The van der Waals surface area contributed by atoms with E-state index in [1.54, 1.807) is 15.8 Å². The Morgan fingerprint density at radius 1 is 1.21 bits per heavy atom. The number of para-hydroxylation sites is 1. The molecule has 1 aliphatic rings. The van der Waals surface area contributed by atoms with Gasteiger partial charge in [0, 0.05) is 26.3 Å². The molecule has 0 fully saturated rings. The van der Waals surface area contributed by atoms with Gasteiger partial charge in [0.2, 0.25) is 0 Å². The number of tetrazole rings is 1. The van der Waals surface area contributed by atoms with Gasteiger partial charge in [-0.1, -0.05) is 24.3 Å². The van der Waals surface area contributed by atoms with E-state index in [1.165, 1.54) is 5.57 Å². The highest BCUT2D eigenvalue weighted by Gasteiger charge is 2.23. The van der Waals surface area contributed by atoms with Gasteiger partial charge in [0.15, 0.2) is 5.82 Å². The fraction of sp³-hybridized carbons (Fsp3) is 0.316. The van der Waals surface area contributed by atoms with Crippen LogP contribution in [0, 0.1) is 0 Å². The topological polar surface area (TPSA) is 93.8 Å². The number of carbonyl (C=O) groups is 1. The fourth-order valence-electron chi connectivity index (χ4n) is 3.33. The van der Waals surface area contributed by atoms with Gasteiger partial charge in [0.05, 0.1) is 17.4 Å². The van der Waals surface area contributed by atoms with E-state index >= 15 is 0 Å². The minimum absolute atomic E-state index is 0.129. The molecule has 144 valence electrons. The van der Waals surface area contributed by atoms with Crippen molar-refractivity contribution in [2.45, 2.75) is 19.4 Å². The summed E-state index contributed by atoms with van der Waals surface area (Å²) in [6.45, 7) is 3.09. The maximum Gasteiger partial charge on any atom is 0.318 e. The van der Waals surface area contributed by atoms with Crippen molar-refractivity contribution in [2.75, 3.05) is 13.1 Å². The number of carbonyl (C=O) groups excluding carboxylic acids is 1. The van der Waals surface area contributed by atoms with E-state index in [0.29, 0.717) is 18.9 Å². The van der Waals surface area contributed by atoms with Gasteiger partial charge in [-0.15, -0.1) is 5.10 Å². The number of aryl methyl sites for hydroxylation is 1. The Kier molecular flexibility index (Phi) is 4.88. The second-order valence-electron chi connectivity index (χ2n) is 6.72. The normalized spacial score (nSPS) is 15.2. The Labute approximate surface area is 162 Å². The van der Waals surface area contributed by atoms with Crippen molar-refractivity contribution in [3.05, 3.63) is 60.2 Å². The first-order valence-electron chi connectivity index (χ1n) is 9.20. The number of amides is 2. The van der Waals surface area contributed by atoms with Crippen molar-refractivity contribution in [2.24, 2.45) is 7.05 Å². The van der Waals surface area contributed by atoms with E-state index in [0.717, 1.165) is 17.8 Å². The third-order valence-electron chi connectivity index (χ3n) is 4.87. The van der Waals surface area contributed by atoms with Crippen LogP contribution >= 0.6 is 0 Å². The molecule has 0 saturated heterocycles. The number of hydrogen-bond acceptors (Lipinski definition) is 5. The second-order valence-corrected chi connectivity index (χ2v) is 6.72. The van der Waals surface area contributed by atoms with Crippen LogP contribution in [0.25, 0.3) is 11.3 Å². The Balaban J connectivity index is 1.42. The lowest BCUT2D eigenvalue weighted by Gasteiger charge is -2.28. The summed E-state index contributed by atoms with van der Waals surface area (Å²) in [6, 6.07) is 11.2. The molecule has 1 aromatic carbocycles. The molecule has 0 saturated carbocycles. The number of rotatable bonds is 4. The largest absolute Gasteiger partial charge is 0.328 e. The lowest BCUT2D eigenvalue weighted by atomic mass is 10.1. The van der Waals surface area contributed by atoms with E-state index in [1.807, 2.05) is 55.1 Å². The van der Waals surface area contributed by atoms with E-state index < -0.39 is 0 Å². The lowest BCUT2D eigenvalue weighted by molar-refractivity contribution is 0.199. The summed E-state index contributed by atoms with van der Waals surface area (Å²) in [5.74, 6) is 0.586. The van der Waals surface area contributed by atoms with Crippen molar-refractivity contribution in [1.82, 2.24) is 40.2 Å². The molecule has 1 unspecified atom stereocenters. The van der Waals surface area contributed by atoms with Crippen LogP contribution in [0.1, 0.15) is 30.9 Å². The smallest absolute Gasteiger partial charge is 0.318 e. The van der Waals surface area contributed by atoms with Gasteiger partial charge in [0.1, 0.15) is 0 Å². The van der Waals surface area contributed by atoms with Gasteiger partial charge in [-0.3, -0.25) is 4.68 Å². The fourth-order valence-corrected chi connectivity index (χ4v) is 3.33. The number of urea groups is 1. The minimum Gasteiger partial charge on any atom is -0.328 e. The SMILES string of the molecule is CC(NC(=O)N1CC=C(c2ccnn2C)CC1)c1nnnn1-c1ccccc1. The summed E-state index contributed by atoms with van der Waals surface area (Å²) in [4.78, 5) is 14.5. The van der Waals surface area contributed by atoms with Crippen molar-refractivity contribution < 1.29 is 4.79 Å². The van der Waals surface area contributed by atoms with Gasteiger partial charge in [-0.2, -0.15) is 9.78 Å². The summed E-state index contributed by atoms with van der Waals surface area (Å²) in [5.41, 5.74) is 3.16. The average molecular weight is 378 g/mol. The summed E-state index contributed by atoms with van der Waals surface area (Å²) < 4.78 is 3.49. The first-order valence-corrected chi connectivity index (χ1v) is 9.20. The molecule has 9 heteroatoms. The summed E-state index contributed by atoms with van der Waals surface area (Å²) in [5, 5.41) is 19.1. The molecule has 2 aromatic heterocycles. The molecule has 28 heavy (non-hydrogen) atoms. The van der Waals surface area contributed by atoms with Crippen LogP contribution in [0.5, 0.6) is 0 Å². The summed E-state index contributed by atoms with van der Waals surface area (Å²) in [6.07, 6.45) is 4.66. The standard InChI is InChI=1S/C19H22N8O/c1-14(18-22-23-24-27(18)16-6-4-3-5-7-16)21-19(28)26-12-9-15(10-13-26)17-8-11-20-25(17)2/h3-9,11,14H,10,12-13H2,1-2H3,(H,21,28). The predicted molar refractivity (Wildman–Crippen MR) is 103 cm³/mol. The number of hydrogen-bond donors (Lipinski definition) is 1. The predicted octanol–water partition coefficient (Wildman–Crippen LogP) is 1.96. The monoisotopic (exact) mass is 378 g/mol. The summed E-state index contributed by atoms with van der Waals surface area (Å²) >= 11 is 0. The number of benzene rings is 1. The number of aromatic nitrogens is 6. The Morgan fingerprint density at radius 3 is 2.71 bits per heavy atom. The van der Waals surface area contributed by atoms with Crippen LogP contribution in [-0.4, -0.2) is 54.0 Å². The quantitative estimate of drug-likeness (QED) is 0.749. The third kappa shape index (κ3) is 3.51. The van der Waals surface area contributed by atoms with Crippen LogP contribution in [-0.2, 0) is 7.05 Å². The molecule has 1 atom stereocenters. The molecular formula is C19H22N8O.